The van der Waals surface area contributed by atoms with Crippen molar-refractivity contribution in [1.29, 1.82) is 0 Å². The fourth-order valence-electron chi connectivity index (χ4n) is 2.82. The lowest BCUT2D eigenvalue weighted by Gasteiger charge is -2.12. The molecule has 1 heterocycles. The van der Waals surface area contributed by atoms with Gasteiger partial charge < -0.3 is 20.4 Å². The number of hydrogen-bond donors (Lipinski definition) is 2. The van der Waals surface area contributed by atoms with E-state index in [0.29, 0.717) is 19.6 Å². The Bertz CT molecular complexity index is 886. The fourth-order valence-corrected chi connectivity index (χ4v) is 2.82. The Kier molecular flexibility index (Phi) is 11.0. The van der Waals surface area contributed by atoms with E-state index in [0.717, 1.165) is 18.0 Å². The highest BCUT2D eigenvalue weighted by molar-refractivity contribution is 5.85. The average Bonchev–Trinajstić information content (AvgIpc) is 3.14. The van der Waals surface area contributed by atoms with Crippen molar-refractivity contribution in [3.63, 3.8) is 0 Å². The summed E-state index contributed by atoms with van der Waals surface area (Å²) >= 11 is 0. The van der Waals surface area contributed by atoms with Gasteiger partial charge >= 0.3 is 0 Å². The van der Waals surface area contributed by atoms with E-state index < -0.39 is 6.04 Å². The number of imidazole rings is 1. The van der Waals surface area contributed by atoms with Crippen molar-refractivity contribution < 1.29 is 9.53 Å². The largest absolute Gasteiger partial charge is 0.492 e. The van der Waals surface area contributed by atoms with Crippen molar-refractivity contribution in [2.75, 3.05) is 13.2 Å². The maximum absolute atomic E-state index is 12.2. The second-order valence-electron chi connectivity index (χ2n) is 6.79. The lowest BCUT2D eigenvalue weighted by Crippen LogP contribution is -2.43. The molecule has 0 spiro atoms. The summed E-state index contributed by atoms with van der Waals surface area (Å²) in [6.07, 6.45) is 4.09. The smallest absolute Gasteiger partial charge is 0.237 e. The minimum atomic E-state index is -0.639. The third kappa shape index (κ3) is 8.06. The van der Waals surface area contributed by atoms with Crippen LogP contribution in [0, 0.1) is 6.92 Å². The molecule has 0 aliphatic carbocycles. The highest BCUT2D eigenvalue weighted by Gasteiger charge is 2.15. The standard InChI is InChI=1S/C22H26N4O2.2ClH/c1-17-7-9-20(10-8-17)28-12-11-24-22(27)21(23)13-19-15-26(16-25-19)14-18-5-3-2-4-6-18;;/h2-10,15-16,21H,11-14,23H2,1H3,(H,24,27);2*1H/t21-;;/m0../s1. The molecule has 1 aromatic heterocycles. The van der Waals surface area contributed by atoms with Crippen LogP contribution in [-0.4, -0.2) is 34.7 Å². The van der Waals surface area contributed by atoms with Gasteiger partial charge in [0.05, 0.1) is 24.6 Å². The van der Waals surface area contributed by atoms with Gasteiger partial charge in [-0.1, -0.05) is 48.0 Å². The molecule has 30 heavy (non-hydrogen) atoms. The molecular weight excluding hydrogens is 423 g/mol. The third-order valence-electron chi connectivity index (χ3n) is 4.35. The number of aryl methyl sites for hydroxylation is 1. The van der Waals surface area contributed by atoms with Gasteiger partial charge in [-0.05, 0) is 24.6 Å². The molecule has 0 aliphatic heterocycles. The molecule has 0 radical (unpaired) electrons. The van der Waals surface area contributed by atoms with E-state index >= 15 is 0 Å². The molecule has 1 amide bonds. The molecule has 3 rings (SSSR count). The minimum Gasteiger partial charge on any atom is -0.492 e. The molecule has 162 valence electrons. The fraction of sp³-hybridized carbons (Fsp3) is 0.273. The summed E-state index contributed by atoms with van der Waals surface area (Å²) in [6, 6.07) is 17.3. The van der Waals surface area contributed by atoms with Crippen LogP contribution >= 0.6 is 24.8 Å². The van der Waals surface area contributed by atoms with E-state index in [1.807, 2.05) is 60.2 Å². The van der Waals surface area contributed by atoms with Crippen LogP contribution in [0.25, 0.3) is 0 Å². The van der Waals surface area contributed by atoms with E-state index in [-0.39, 0.29) is 30.7 Å². The molecule has 0 unspecified atom stereocenters. The first-order valence-electron chi connectivity index (χ1n) is 9.37. The predicted molar refractivity (Wildman–Crippen MR) is 124 cm³/mol. The van der Waals surface area contributed by atoms with E-state index in [1.165, 1.54) is 11.1 Å². The summed E-state index contributed by atoms with van der Waals surface area (Å²) in [5.41, 5.74) is 9.19. The number of hydrogen-bond acceptors (Lipinski definition) is 4. The summed E-state index contributed by atoms with van der Waals surface area (Å²) in [5, 5.41) is 2.81. The quantitative estimate of drug-likeness (QED) is 0.490. The van der Waals surface area contributed by atoms with Crippen LogP contribution in [0.15, 0.2) is 67.1 Å². The van der Waals surface area contributed by atoms with Gasteiger partial charge in [-0.3, -0.25) is 4.79 Å². The van der Waals surface area contributed by atoms with E-state index in [2.05, 4.69) is 22.4 Å². The van der Waals surface area contributed by atoms with Crippen LogP contribution in [0.5, 0.6) is 5.75 Å². The van der Waals surface area contributed by atoms with Crippen LogP contribution < -0.4 is 15.8 Å². The first-order valence-corrected chi connectivity index (χ1v) is 9.37. The minimum absolute atomic E-state index is 0. The molecule has 0 bridgehead atoms. The first kappa shape index (κ1) is 25.5. The van der Waals surface area contributed by atoms with Crippen LogP contribution in [-0.2, 0) is 17.8 Å². The second-order valence-corrected chi connectivity index (χ2v) is 6.79. The van der Waals surface area contributed by atoms with Crippen LogP contribution in [0.4, 0.5) is 0 Å². The third-order valence-corrected chi connectivity index (χ3v) is 4.35. The number of carbonyl (C=O) groups is 1. The Hall–Kier alpha value is -2.54. The SMILES string of the molecule is Cc1ccc(OCCNC(=O)[C@@H](N)Cc2cn(Cc3ccccc3)cn2)cc1.Cl.Cl. The number of aromatic nitrogens is 2. The summed E-state index contributed by atoms with van der Waals surface area (Å²) in [5.74, 6) is 0.582. The zero-order chi connectivity index (χ0) is 19.8. The Morgan fingerprint density at radius 1 is 1.13 bits per heavy atom. The Morgan fingerprint density at radius 3 is 2.53 bits per heavy atom. The number of halogens is 2. The van der Waals surface area contributed by atoms with E-state index in [1.54, 1.807) is 6.33 Å². The molecule has 8 heteroatoms. The molecule has 0 aliphatic rings. The summed E-state index contributed by atoms with van der Waals surface area (Å²) in [4.78, 5) is 16.5. The maximum Gasteiger partial charge on any atom is 0.237 e. The number of carbonyl (C=O) groups excluding carboxylic acids is 1. The molecule has 6 nitrogen and oxygen atoms in total. The monoisotopic (exact) mass is 450 g/mol. The lowest BCUT2D eigenvalue weighted by atomic mass is 10.1. The van der Waals surface area contributed by atoms with E-state index in [4.69, 9.17) is 10.5 Å². The van der Waals surface area contributed by atoms with Crippen molar-refractivity contribution in [1.82, 2.24) is 14.9 Å². The number of benzene rings is 2. The topological polar surface area (TPSA) is 82.2 Å². The van der Waals surface area contributed by atoms with Crippen molar-refractivity contribution in [2.24, 2.45) is 5.73 Å². The van der Waals surface area contributed by atoms with Gasteiger partial charge in [-0.25, -0.2) is 4.98 Å². The summed E-state index contributed by atoms with van der Waals surface area (Å²) in [6.45, 7) is 3.57. The number of nitrogens with one attached hydrogen (secondary N) is 1. The zero-order valence-corrected chi connectivity index (χ0v) is 18.5. The maximum atomic E-state index is 12.2. The Labute approximate surface area is 189 Å². The van der Waals surface area contributed by atoms with Gasteiger partial charge in [0.25, 0.3) is 0 Å². The van der Waals surface area contributed by atoms with Gasteiger partial charge in [0, 0.05) is 19.2 Å². The van der Waals surface area contributed by atoms with Crippen molar-refractivity contribution in [3.05, 3.63) is 83.9 Å². The first-order chi connectivity index (χ1) is 13.6. The highest BCUT2D eigenvalue weighted by atomic mass is 35.5. The van der Waals surface area contributed by atoms with Crippen LogP contribution in [0.2, 0.25) is 0 Å². The summed E-state index contributed by atoms with van der Waals surface area (Å²) < 4.78 is 7.59. The predicted octanol–water partition coefficient (Wildman–Crippen LogP) is 3.15. The molecule has 1 atom stereocenters. The van der Waals surface area contributed by atoms with Crippen molar-refractivity contribution in [3.8, 4) is 5.75 Å². The molecule has 0 fully saturated rings. The lowest BCUT2D eigenvalue weighted by molar-refractivity contribution is -0.122. The number of amides is 1. The highest BCUT2D eigenvalue weighted by Crippen LogP contribution is 2.10. The normalized spacial score (nSPS) is 11.0. The average molecular weight is 451 g/mol. The molecule has 2 aromatic carbocycles. The Balaban J connectivity index is 0.00000225. The summed E-state index contributed by atoms with van der Waals surface area (Å²) in [7, 11) is 0. The Morgan fingerprint density at radius 2 is 1.83 bits per heavy atom. The van der Waals surface area contributed by atoms with Crippen molar-refractivity contribution in [2.45, 2.75) is 25.9 Å². The second kappa shape index (κ2) is 12.9. The van der Waals surface area contributed by atoms with Gasteiger partial charge in [0.15, 0.2) is 0 Å². The number of rotatable bonds is 9. The van der Waals surface area contributed by atoms with Gasteiger partial charge in [0.2, 0.25) is 5.91 Å². The van der Waals surface area contributed by atoms with Crippen LogP contribution in [0.3, 0.4) is 0 Å². The van der Waals surface area contributed by atoms with Gasteiger partial charge in [-0.15, -0.1) is 24.8 Å². The zero-order valence-electron chi connectivity index (χ0n) is 16.9. The molecule has 0 saturated carbocycles. The van der Waals surface area contributed by atoms with Gasteiger partial charge in [0.1, 0.15) is 12.4 Å². The van der Waals surface area contributed by atoms with Crippen molar-refractivity contribution >= 4 is 30.7 Å². The van der Waals surface area contributed by atoms with E-state index in [9.17, 15) is 4.79 Å². The molecular formula is C22H28Cl2N4O2. The van der Waals surface area contributed by atoms with Gasteiger partial charge in [-0.2, -0.15) is 0 Å². The number of nitrogens with zero attached hydrogens (tertiary/aromatic N) is 2. The molecule has 3 aromatic rings. The molecule has 0 saturated heterocycles. The number of nitrogens with two attached hydrogens (primary N) is 1. The van der Waals surface area contributed by atoms with Crippen LogP contribution in [0.1, 0.15) is 16.8 Å². The number of ether oxygens (including phenoxy) is 1. The molecule has 3 N–H and O–H groups in total.